The number of nitrogen functional groups attached to an aromatic ring is 1. The Morgan fingerprint density at radius 3 is 2.80 bits per heavy atom. The molecule has 1 aromatic carbocycles. The van der Waals surface area contributed by atoms with E-state index in [1.807, 2.05) is 0 Å². The smallest absolute Gasteiger partial charge is 0.273 e. The predicted molar refractivity (Wildman–Crippen MR) is 57.4 cm³/mol. The van der Waals surface area contributed by atoms with Gasteiger partial charge in [0.25, 0.3) is 5.91 Å². The fourth-order valence-electron chi connectivity index (χ4n) is 1.18. The van der Waals surface area contributed by atoms with Crippen LogP contribution in [0.5, 0.6) is 0 Å². The van der Waals surface area contributed by atoms with Gasteiger partial charge in [-0.3, -0.25) is 9.89 Å². The van der Waals surface area contributed by atoms with Gasteiger partial charge in [-0.1, -0.05) is 12.1 Å². The summed E-state index contributed by atoms with van der Waals surface area (Å²) in [7, 11) is 0. The van der Waals surface area contributed by atoms with Crippen molar-refractivity contribution in [2.75, 3.05) is 11.1 Å². The van der Waals surface area contributed by atoms with Crippen molar-refractivity contribution in [3.05, 3.63) is 42.2 Å². The number of nitrogens with zero attached hydrogens (tertiary/aromatic N) is 1. The number of nitrogens with one attached hydrogen (secondary N) is 2. The van der Waals surface area contributed by atoms with Crippen LogP contribution < -0.4 is 11.1 Å². The molecule has 0 unspecified atom stereocenters. The molecule has 0 radical (unpaired) electrons. The molecular weight excluding hydrogens is 192 g/mol. The molecule has 15 heavy (non-hydrogen) atoms. The fraction of sp³-hybridized carbons (Fsp3) is 0. The molecule has 2 aromatic rings. The minimum Gasteiger partial charge on any atom is -0.397 e. The molecule has 0 aliphatic rings. The summed E-state index contributed by atoms with van der Waals surface area (Å²) in [5, 5.41) is 8.94. The zero-order chi connectivity index (χ0) is 10.7. The number of carbonyl (C=O) groups excluding carboxylic acids is 1. The standard InChI is InChI=1S/C10H10N4O/c11-7-3-1-2-4-8(7)13-10(15)9-5-6-12-14-9/h1-6H,11H2,(H,12,14)(H,13,15). The van der Waals surface area contributed by atoms with E-state index in [0.717, 1.165) is 0 Å². The third-order valence-corrected chi connectivity index (χ3v) is 1.95. The highest BCUT2D eigenvalue weighted by Crippen LogP contribution is 2.17. The van der Waals surface area contributed by atoms with E-state index in [0.29, 0.717) is 17.1 Å². The highest BCUT2D eigenvalue weighted by Gasteiger charge is 2.07. The topological polar surface area (TPSA) is 83.8 Å². The Morgan fingerprint density at radius 2 is 2.13 bits per heavy atom. The molecule has 1 aromatic heterocycles. The second-order valence-electron chi connectivity index (χ2n) is 3.01. The van der Waals surface area contributed by atoms with Crippen LogP contribution in [-0.4, -0.2) is 16.1 Å². The van der Waals surface area contributed by atoms with Crippen molar-refractivity contribution in [3.63, 3.8) is 0 Å². The van der Waals surface area contributed by atoms with Crippen molar-refractivity contribution < 1.29 is 4.79 Å². The first-order valence-corrected chi connectivity index (χ1v) is 4.42. The first-order chi connectivity index (χ1) is 7.27. The van der Waals surface area contributed by atoms with Crippen molar-refractivity contribution >= 4 is 17.3 Å². The lowest BCUT2D eigenvalue weighted by Crippen LogP contribution is -2.13. The van der Waals surface area contributed by atoms with Crippen molar-refractivity contribution in [2.24, 2.45) is 0 Å². The minimum atomic E-state index is -0.259. The summed E-state index contributed by atoms with van der Waals surface area (Å²) in [6, 6.07) is 8.67. The molecule has 1 heterocycles. The van der Waals surface area contributed by atoms with Crippen LogP contribution in [0.25, 0.3) is 0 Å². The number of rotatable bonds is 2. The number of para-hydroxylation sites is 2. The summed E-state index contributed by atoms with van der Waals surface area (Å²) in [6.07, 6.45) is 1.52. The number of hydrogen-bond donors (Lipinski definition) is 3. The van der Waals surface area contributed by atoms with Gasteiger partial charge in [-0.15, -0.1) is 0 Å². The average molecular weight is 202 g/mol. The number of carbonyl (C=O) groups is 1. The van der Waals surface area contributed by atoms with Gasteiger partial charge in [0.1, 0.15) is 5.69 Å². The average Bonchev–Trinajstić information content (AvgIpc) is 2.74. The monoisotopic (exact) mass is 202 g/mol. The zero-order valence-electron chi connectivity index (χ0n) is 7.90. The lowest BCUT2D eigenvalue weighted by molar-refractivity contribution is 0.102. The van der Waals surface area contributed by atoms with Crippen LogP contribution in [0.15, 0.2) is 36.5 Å². The van der Waals surface area contributed by atoms with Crippen LogP contribution in [0.1, 0.15) is 10.5 Å². The highest BCUT2D eigenvalue weighted by atomic mass is 16.1. The van der Waals surface area contributed by atoms with Crippen LogP contribution in [0.2, 0.25) is 0 Å². The molecule has 0 saturated heterocycles. The molecule has 2 rings (SSSR count). The number of anilines is 2. The maximum Gasteiger partial charge on any atom is 0.273 e. The van der Waals surface area contributed by atoms with Crippen molar-refractivity contribution in [1.29, 1.82) is 0 Å². The highest BCUT2D eigenvalue weighted by molar-refractivity contribution is 6.04. The first-order valence-electron chi connectivity index (χ1n) is 4.42. The molecule has 0 saturated carbocycles. The van der Waals surface area contributed by atoms with Crippen LogP contribution in [0.4, 0.5) is 11.4 Å². The molecule has 0 aliphatic heterocycles. The number of aromatic nitrogens is 2. The third-order valence-electron chi connectivity index (χ3n) is 1.95. The molecule has 5 nitrogen and oxygen atoms in total. The van der Waals surface area contributed by atoms with E-state index in [1.54, 1.807) is 30.3 Å². The van der Waals surface area contributed by atoms with Gasteiger partial charge in [0, 0.05) is 6.20 Å². The Bertz CT molecular complexity index is 464. The van der Waals surface area contributed by atoms with E-state index in [2.05, 4.69) is 15.5 Å². The third kappa shape index (κ3) is 1.96. The van der Waals surface area contributed by atoms with Gasteiger partial charge in [-0.25, -0.2) is 0 Å². The van der Waals surface area contributed by atoms with Crippen LogP contribution in [0.3, 0.4) is 0 Å². The number of aromatic amines is 1. The molecule has 0 spiro atoms. The van der Waals surface area contributed by atoms with E-state index in [4.69, 9.17) is 5.73 Å². The Hall–Kier alpha value is -2.30. The molecule has 0 aliphatic carbocycles. The lowest BCUT2D eigenvalue weighted by Gasteiger charge is -2.05. The van der Waals surface area contributed by atoms with Gasteiger partial charge in [0.05, 0.1) is 11.4 Å². The molecule has 76 valence electrons. The van der Waals surface area contributed by atoms with Crippen LogP contribution >= 0.6 is 0 Å². The van der Waals surface area contributed by atoms with E-state index in [9.17, 15) is 4.79 Å². The molecule has 5 heteroatoms. The van der Waals surface area contributed by atoms with Crippen LogP contribution in [-0.2, 0) is 0 Å². The van der Waals surface area contributed by atoms with E-state index in [1.165, 1.54) is 6.20 Å². The summed E-state index contributed by atoms with van der Waals surface area (Å²) in [5.74, 6) is -0.259. The normalized spacial score (nSPS) is 9.87. The van der Waals surface area contributed by atoms with Crippen molar-refractivity contribution in [3.8, 4) is 0 Å². The zero-order valence-corrected chi connectivity index (χ0v) is 7.90. The summed E-state index contributed by atoms with van der Waals surface area (Å²) in [4.78, 5) is 11.6. The van der Waals surface area contributed by atoms with Crippen LogP contribution in [0, 0.1) is 0 Å². The second kappa shape index (κ2) is 3.83. The van der Waals surface area contributed by atoms with Gasteiger partial charge >= 0.3 is 0 Å². The quantitative estimate of drug-likeness (QED) is 0.640. The Morgan fingerprint density at radius 1 is 1.33 bits per heavy atom. The number of H-pyrrole nitrogens is 1. The Kier molecular flexibility index (Phi) is 2.37. The van der Waals surface area contributed by atoms with Gasteiger partial charge in [-0.05, 0) is 18.2 Å². The van der Waals surface area contributed by atoms with Gasteiger partial charge in [0.2, 0.25) is 0 Å². The lowest BCUT2D eigenvalue weighted by atomic mass is 10.2. The first kappa shape index (κ1) is 9.26. The van der Waals surface area contributed by atoms with Crippen molar-refractivity contribution in [2.45, 2.75) is 0 Å². The van der Waals surface area contributed by atoms with Gasteiger partial charge in [-0.2, -0.15) is 5.10 Å². The molecule has 1 amide bonds. The van der Waals surface area contributed by atoms with Crippen molar-refractivity contribution in [1.82, 2.24) is 10.2 Å². The summed E-state index contributed by atoms with van der Waals surface area (Å²) in [5.41, 5.74) is 7.21. The Labute approximate surface area is 86.3 Å². The predicted octanol–water partition coefficient (Wildman–Crippen LogP) is 1.24. The van der Waals surface area contributed by atoms with Gasteiger partial charge in [0.15, 0.2) is 0 Å². The molecular formula is C10H10N4O. The fourth-order valence-corrected chi connectivity index (χ4v) is 1.18. The molecule has 0 bridgehead atoms. The summed E-state index contributed by atoms with van der Waals surface area (Å²) in [6.45, 7) is 0. The second-order valence-corrected chi connectivity index (χ2v) is 3.01. The van der Waals surface area contributed by atoms with E-state index >= 15 is 0 Å². The summed E-state index contributed by atoms with van der Waals surface area (Å²) >= 11 is 0. The largest absolute Gasteiger partial charge is 0.397 e. The number of benzene rings is 1. The molecule has 0 fully saturated rings. The summed E-state index contributed by atoms with van der Waals surface area (Å²) < 4.78 is 0. The van der Waals surface area contributed by atoms with E-state index < -0.39 is 0 Å². The number of amides is 1. The Balaban J connectivity index is 2.17. The molecule has 4 N–H and O–H groups in total. The maximum atomic E-state index is 11.6. The molecule has 0 atom stereocenters. The number of nitrogens with two attached hydrogens (primary N) is 1. The van der Waals surface area contributed by atoms with Gasteiger partial charge < -0.3 is 11.1 Å². The van der Waals surface area contributed by atoms with E-state index in [-0.39, 0.29) is 5.91 Å². The number of hydrogen-bond acceptors (Lipinski definition) is 3. The maximum absolute atomic E-state index is 11.6. The minimum absolute atomic E-state index is 0.259. The SMILES string of the molecule is Nc1ccccc1NC(=O)c1ccn[nH]1.